The van der Waals surface area contributed by atoms with Gasteiger partial charge >= 0.3 is 18.4 Å². The highest BCUT2D eigenvalue weighted by atomic mass is 19.4. The Morgan fingerprint density at radius 2 is 1.61 bits per heavy atom. The summed E-state index contributed by atoms with van der Waals surface area (Å²) in [5, 5.41) is 67.9. The second-order valence-corrected chi connectivity index (χ2v) is 16.4. The van der Waals surface area contributed by atoms with Crippen molar-refractivity contribution in [2.24, 2.45) is 0 Å². The number of hydrogen-bond acceptors (Lipinski definition) is 16. The van der Waals surface area contributed by atoms with Gasteiger partial charge in [0, 0.05) is 19.2 Å². The Balaban J connectivity index is 1.19. The molecule has 2 aromatic carbocycles. The summed E-state index contributed by atoms with van der Waals surface area (Å²) in [6.45, 7) is -2.82. The highest BCUT2D eigenvalue weighted by Crippen LogP contribution is 2.45. The molecule has 26 heteroatoms. The van der Waals surface area contributed by atoms with Gasteiger partial charge in [-0.2, -0.15) is 30.7 Å². The van der Waals surface area contributed by atoms with Crippen molar-refractivity contribution in [3.05, 3.63) is 83.0 Å². The standard InChI is InChI=1S/C43H50F8N6O12/c1-40(66,35(61)30(59)19-58)32(60)17-52-29(37(45)63)20-67-13-14-68-33(44)21-69-25-8-5-23(6-9-25)18-57-39(65)34(36(62)41(56(57)2)11-3-4-12-41)38(64)55-27-10-7-24(42(46,47)48)15-26(27)28-16-31(43(49,50)51)54-22-53-28/h5-10,15-16,22,29-30,32-33,35,52,58-62,66H,3-4,11-14,17-21H2,1-2H3,(H,55,64)/t29?,30-,32+,33?,35-,40-/m1/s1. The van der Waals surface area contributed by atoms with Gasteiger partial charge in [-0.25, -0.2) is 19.4 Å². The number of anilines is 1. The number of halogens is 8. The monoisotopic (exact) mass is 994 g/mol. The van der Waals surface area contributed by atoms with E-state index < -0.39 is 145 Å². The Hall–Kier alpha value is -5.45. The van der Waals surface area contributed by atoms with E-state index in [1.54, 1.807) is 0 Å². The number of aliphatic hydroxyl groups excluding tert-OH is 5. The number of ether oxygens (including phenoxy) is 3. The zero-order chi connectivity index (χ0) is 51.1. The summed E-state index contributed by atoms with van der Waals surface area (Å²) >= 11 is 0. The molecule has 1 aliphatic heterocycles. The molecule has 18 nitrogen and oxygen atoms in total. The van der Waals surface area contributed by atoms with Gasteiger partial charge in [0.2, 0.25) is 6.36 Å². The number of amides is 2. The number of aliphatic hydroxyl groups is 6. The number of benzene rings is 2. The van der Waals surface area contributed by atoms with Gasteiger partial charge in [0.1, 0.15) is 59.6 Å². The first kappa shape index (κ1) is 54.5. The first-order chi connectivity index (χ1) is 32.3. The molecule has 2 amide bonds. The van der Waals surface area contributed by atoms with Crippen LogP contribution in [0, 0.1) is 0 Å². The lowest BCUT2D eigenvalue weighted by molar-refractivity contribution is -0.172. The fraction of sp³-hybridized carbons (Fsp3) is 0.512. The number of rotatable bonds is 22. The van der Waals surface area contributed by atoms with Gasteiger partial charge in [0.25, 0.3) is 11.8 Å². The van der Waals surface area contributed by atoms with E-state index in [-0.39, 0.29) is 31.7 Å². The molecule has 0 bridgehead atoms. The quantitative estimate of drug-likeness (QED) is 0.0312. The number of carbonyl (C=O) groups excluding carboxylic acids is 3. The lowest BCUT2D eigenvalue weighted by Crippen LogP contribution is -2.61. The number of aromatic nitrogens is 2. The van der Waals surface area contributed by atoms with Crippen LogP contribution < -0.4 is 15.4 Å². The van der Waals surface area contributed by atoms with E-state index in [2.05, 4.69) is 20.6 Å². The van der Waals surface area contributed by atoms with Crippen molar-refractivity contribution in [3.63, 3.8) is 0 Å². The maximum Gasteiger partial charge on any atom is 0.433 e. The van der Waals surface area contributed by atoms with Gasteiger partial charge in [-0.1, -0.05) is 25.0 Å². The summed E-state index contributed by atoms with van der Waals surface area (Å²) in [6, 6.07) is 4.56. The minimum Gasteiger partial charge on any atom is -0.509 e. The Morgan fingerprint density at radius 1 is 0.942 bits per heavy atom. The van der Waals surface area contributed by atoms with Crippen LogP contribution in [0.1, 0.15) is 49.4 Å². The van der Waals surface area contributed by atoms with Crippen LogP contribution >= 0.6 is 0 Å². The molecule has 2 unspecified atom stereocenters. The molecule has 2 heterocycles. The molecule has 1 fully saturated rings. The summed E-state index contributed by atoms with van der Waals surface area (Å²) < 4.78 is 126. The van der Waals surface area contributed by atoms with Gasteiger partial charge in [-0.3, -0.25) is 19.4 Å². The first-order valence-corrected chi connectivity index (χ1v) is 21.1. The van der Waals surface area contributed by atoms with Gasteiger partial charge in [-0.05, 0) is 61.7 Å². The molecule has 1 aromatic heterocycles. The second kappa shape index (κ2) is 22.5. The van der Waals surface area contributed by atoms with Crippen molar-refractivity contribution in [1.29, 1.82) is 0 Å². The van der Waals surface area contributed by atoms with Crippen molar-refractivity contribution in [1.82, 2.24) is 25.3 Å². The molecule has 1 spiro atoms. The van der Waals surface area contributed by atoms with Crippen LogP contribution in [0.25, 0.3) is 11.3 Å². The third-order valence-electron chi connectivity index (χ3n) is 11.7. The largest absolute Gasteiger partial charge is 0.509 e. The molecule has 380 valence electrons. The Labute approximate surface area is 388 Å². The van der Waals surface area contributed by atoms with Gasteiger partial charge in [-0.15, -0.1) is 0 Å². The SMILES string of the molecule is CN1N(Cc2ccc(OCC(F)OCCOCC(NC[C@H](O)[C@@](C)(O)[C@H](O)[C@H](O)CO)C(=O)F)cc2)C(=O)C(C(=O)Nc2ccc(C(F)(F)F)cc2-c2cc(C(F)(F)F)ncn2)=C(O)C12CCCC2. The molecule has 1 aliphatic carbocycles. The summed E-state index contributed by atoms with van der Waals surface area (Å²) in [5.74, 6) is -2.74. The maximum absolute atomic E-state index is 14.6. The molecule has 8 N–H and O–H groups in total. The molecule has 0 saturated heterocycles. The number of nitrogens with zero attached hydrogens (tertiary/aromatic N) is 4. The fourth-order valence-electron chi connectivity index (χ4n) is 7.63. The van der Waals surface area contributed by atoms with Crippen molar-refractivity contribution < 1.29 is 94.4 Å². The summed E-state index contributed by atoms with van der Waals surface area (Å²) in [4.78, 5) is 46.4. The average molecular weight is 995 g/mol. The number of alkyl halides is 7. The highest BCUT2D eigenvalue weighted by molar-refractivity contribution is 6.24. The lowest BCUT2D eigenvalue weighted by atomic mass is 9.88. The predicted octanol–water partition coefficient (Wildman–Crippen LogP) is 3.12. The van der Waals surface area contributed by atoms with E-state index in [0.717, 1.165) is 13.0 Å². The van der Waals surface area contributed by atoms with Crippen molar-refractivity contribution in [2.45, 2.75) is 93.4 Å². The molecule has 69 heavy (non-hydrogen) atoms. The molecule has 2 aliphatic rings. The molecular weight excluding hydrogens is 944 g/mol. The van der Waals surface area contributed by atoms with Crippen LogP contribution in [0.4, 0.5) is 40.8 Å². The molecule has 1 saturated carbocycles. The van der Waals surface area contributed by atoms with Crippen LogP contribution in [-0.2, 0) is 42.8 Å². The summed E-state index contributed by atoms with van der Waals surface area (Å²) in [6.07, 6.45) is -15.4. The molecule has 0 radical (unpaired) electrons. The Morgan fingerprint density at radius 3 is 2.22 bits per heavy atom. The zero-order valence-corrected chi connectivity index (χ0v) is 36.8. The third kappa shape index (κ3) is 13.1. The van der Waals surface area contributed by atoms with E-state index in [9.17, 15) is 75.0 Å². The van der Waals surface area contributed by atoms with E-state index in [0.29, 0.717) is 42.9 Å². The number of nitrogens with one attached hydrogen (secondary N) is 2. The Bertz CT molecular complexity index is 2300. The normalized spacial score (nSPS) is 18.7. The van der Waals surface area contributed by atoms with Crippen LogP contribution in [0.3, 0.4) is 0 Å². The minimum absolute atomic E-state index is 0.151. The van der Waals surface area contributed by atoms with Crippen LogP contribution in [0.5, 0.6) is 5.75 Å². The van der Waals surface area contributed by atoms with Crippen molar-refractivity contribution in [3.8, 4) is 17.0 Å². The van der Waals surface area contributed by atoms with Crippen molar-refractivity contribution >= 4 is 23.5 Å². The van der Waals surface area contributed by atoms with Crippen LogP contribution in [0.15, 0.2) is 66.2 Å². The first-order valence-electron chi connectivity index (χ1n) is 21.1. The van der Waals surface area contributed by atoms with Gasteiger partial charge < -0.3 is 55.5 Å². The molecule has 6 atom stereocenters. The van der Waals surface area contributed by atoms with Crippen LogP contribution in [0.2, 0.25) is 0 Å². The number of likely N-dealkylation sites (N-methyl/N-ethyl adjacent to an activating group) is 1. The van der Waals surface area contributed by atoms with E-state index >= 15 is 0 Å². The molecule has 3 aromatic rings. The fourth-order valence-corrected chi connectivity index (χ4v) is 7.63. The number of hydrogen-bond donors (Lipinski definition) is 8. The van der Waals surface area contributed by atoms with E-state index in [1.165, 1.54) is 41.3 Å². The highest BCUT2D eigenvalue weighted by Gasteiger charge is 2.53. The predicted molar refractivity (Wildman–Crippen MR) is 223 cm³/mol. The second-order valence-electron chi connectivity index (χ2n) is 16.4. The van der Waals surface area contributed by atoms with Gasteiger partial charge in [0.15, 0.2) is 0 Å². The van der Waals surface area contributed by atoms with Crippen molar-refractivity contribution in [2.75, 3.05) is 51.9 Å². The third-order valence-corrected chi connectivity index (χ3v) is 11.7. The zero-order valence-electron chi connectivity index (χ0n) is 36.8. The topological polar surface area (TPSA) is 257 Å². The van der Waals surface area contributed by atoms with E-state index in [1.807, 2.05) is 0 Å². The lowest BCUT2D eigenvalue weighted by Gasteiger charge is -2.48. The summed E-state index contributed by atoms with van der Waals surface area (Å²) in [7, 11) is 1.52. The van der Waals surface area contributed by atoms with Crippen LogP contribution in [-0.4, -0.2) is 157 Å². The van der Waals surface area contributed by atoms with E-state index in [4.69, 9.17) is 19.3 Å². The smallest absolute Gasteiger partial charge is 0.433 e. The Kier molecular flexibility index (Phi) is 17.8. The molecule has 5 rings (SSSR count). The summed E-state index contributed by atoms with van der Waals surface area (Å²) in [5.41, 5.74) is -8.38. The average Bonchev–Trinajstić information content (AvgIpc) is 3.80. The molecular formula is C43H50F8N6O12. The maximum atomic E-state index is 14.6. The van der Waals surface area contributed by atoms with Gasteiger partial charge in [0.05, 0.1) is 61.6 Å². The number of hydrazine groups is 1. The number of carbonyl (C=O) groups is 3. The minimum atomic E-state index is -5.00.